The molecule has 2 fully saturated rings. The first-order chi connectivity index (χ1) is 7.84. The summed E-state index contributed by atoms with van der Waals surface area (Å²) in [7, 11) is 0. The Morgan fingerprint density at radius 2 is 2.06 bits per heavy atom. The lowest BCUT2D eigenvalue weighted by molar-refractivity contribution is 0.458. The van der Waals surface area contributed by atoms with Gasteiger partial charge in [-0.25, -0.2) is 4.98 Å². The Morgan fingerprint density at radius 1 is 1.31 bits per heavy atom. The number of aromatic nitrogens is 2. The van der Waals surface area contributed by atoms with Gasteiger partial charge in [-0.05, 0) is 25.2 Å². The van der Waals surface area contributed by atoms with E-state index in [1.807, 2.05) is 6.20 Å². The van der Waals surface area contributed by atoms with Crippen molar-refractivity contribution in [3.8, 4) is 0 Å². The molecule has 1 aromatic rings. The topological polar surface area (TPSA) is 29.9 Å². The lowest BCUT2D eigenvalue weighted by atomic mass is 9.96. The van der Waals surface area contributed by atoms with Crippen LogP contribution in [0.25, 0.3) is 0 Å². The first kappa shape index (κ1) is 10.2. The second-order valence-electron chi connectivity index (χ2n) is 5.42. The highest BCUT2D eigenvalue weighted by molar-refractivity contribution is 5.29. The number of hydrogen-bond acceptors (Lipinski definition) is 2. The molecule has 16 heavy (non-hydrogen) atoms. The van der Waals surface area contributed by atoms with Crippen molar-refractivity contribution in [2.45, 2.75) is 57.5 Å². The highest BCUT2D eigenvalue weighted by atomic mass is 15.2. The molecule has 0 spiro atoms. The van der Waals surface area contributed by atoms with Gasteiger partial charge < -0.3 is 9.88 Å². The molecular weight excluding hydrogens is 198 g/mol. The molecule has 2 aliphatic rings. The molecule has 0 aromatic carbocycles. The third kappa shape index (κ3) is 1.95. The fraction of sp³-hybridized carbons (Fsp3) is 0.769. The number of nitrogens with one attached hydrogen (secondary N) is 1. The fourth-order valence-corrected chi connectivity index (χ4v) is 2.81. The summed E-state index contributed by atoms with van der Waals surface area (Å²) in [5.41, 5.74) is 0. The van der Waals surface area contributed by atoms with Crippen LogP contribution >= 0.6 is 0 Å². The Kier molecular flexibility index (Phi) is 2.62. The third-order valence-corrected chi connectivity index (χ3v) is 4.03. The first-order valence-electron chi connectivity index (χ1n) is 6.64. The number of hydrogen-bond donors (Lipinski definition) is 1. The predicted molar refractivity (Wildman–Crippen MR) is 65.5 cm³/mol. The van der Waals surface area contributed by atoms with Gasteiger partial charge in [-0.1, -0.05) is 26.2 Å². The summed E-state index contributed by atoms with van der Waals surface area (Å²) in [6.07, 6.45) is 12.1. The van der Waals surface area contributed by atoms with Gasteiger partial charge in [0, 0.05) is 24.5 Å². The molecule has 0 radical (unpaired) electrons. The zero-order chi connectivity index (χ0) is 11.0. The predicted octanol–water partition coefficient (Wildman–Crippen LogP) is 3.21. The summed E-state index contributed by atoms with van der Waals surface area (Å²) in [6, 6.07) is 1.36. The van der Waals surface area contributed by atoms with Crippen LogP contribution in [0.4, 0.5) is 5.95 Å². The van der Waals surface area contributed by atoms with E-state index in [1.165, 1.54) is 38.5 Å². The summed E-state index contributed by atoms with van der Waals surface area (Å²) in [6.45, 7) is 2.31. The van der Waals surface area contributed by atoms with Gasteiger partial charge in [0.2, 0.25) is 5.95 Å². The molecule has 1 N–H and O–H groups in total. The molecule has 0 amide bonds. The van der Waals surface area contributed by atoms with E-state index in [9.17, 15) is 0 Å². The monoisotopic (exact) mass is 219 g/mol. The second-order valence-corrected chi connectivity index (χ2v) is 5.42. The molecule has 88 valence electrons. The minimum Gasteiger partial charge on any atom is -0.353 e. The molecule has 0 saturated heterocycles. The van der Waals surface area contributed by atoms with E-state index in [0.717, 1.165) is 11.9 Å². The molecule has 1 aromatic heterocycles. The van der Waals surface area contributed by atoms with Crippen molar-refractivity contribution in [2.75, 3.05) is 5.32 Å². The van der Waals surface area contributed by atoms with E-state index in [-0.39, 0.29) is 0 Å². The maximum Gasteiger partial charge on any atom is 0.203 e. The Hall–Kier alpha value is -0.990. The number of anilines is 1. The van der Waals surface area contributed by atoms with Gasteiger partial charge in [-0.15, -0.1) is 0 Å². The summed E-state index contributed by atoms with van der Waals surface area (Å²) in [5.74, 6) is 1.93. The van der Waals surface area contributed by atoms with Gasteiger partial charge >= 0.3 is 0 Å². The summed E-state index contributed by atoms with van der Waals surface area (Å²) >= 11 is 0. The highest BCUT2D eigenvalue weighted by Crippen LogP contribution is 2.44. The Bertz CT molecular complexity index is 352. The molecule has 3 heteroatoms. The van der Waals surface area contributed by atoms with Gasteiger partial charge in [-0.3, -0.25) is 0 Å². The van der Waals surface area contributed by atoms with Crippen LogP contribution in [0.2, 0.25) is 0 Å². The number of rotatable bonds is 3. The quantitative estimate of drug-likeness (QED) is 0.846. The molecule has 2 atom stereocenters. The maximum atomic E-state index is 4.46. The lowest BCUT2D eigenvalue weighted by Crippen LogP contribution is -2.24. The van der Waals surface area contributed by atoms with Crippen molar-refractivity contribution < 1.29 is 0 Å². The number of imidazole rings is 1. The average molecular weight is 219 g/mol. The van der Waals surface area contributed by atoms with Crippen LogP contribution in [0.15, 0.2) is 12.4 Å². The molecule has 3 nitrogen and oxygen atoms in total. The van der Waals surface area contributed by atoms with Gasteiger partial charge in [-0.2, -0.15) is 0 Å². The smallest absolute Gasteiger partial charge is 0.203 e. The fourth-order valence-electron chi connectivity index (χ4n) is 2.81. The Morgan fingerprint density at radius 3 is 2.75 bits per heavy atom. The van der Waals surface area contributed by atoms with Crippen LogP contribution in [0.5, 0.6) is 0 Å². The van der Waals surface area contributed by atoms with Crippen LogP contribution in [-0.4, -0.2) is 15.6 Å². The van der Waals surface area contributed by atoms with Crippen LogP contribution in [0.3, 0.4) is 0 Å². The minimum atomic E-state index is 0.656. The zero-order valence-corrected chi connectivity index (χ0v) is 10.0. The Balaban J connectivity index is 1.67. The summed E-state index contributed by atoms with van der Waals surface area (Å²) < 4.78 is 2.33. The van der Waals surface area contributed by atoms with E-state index in [0.29, 0.717) is 12.1 Å². The standard InChI is InChI=1S/C13H21N3/c1-10-9-12(10)16-8-7-14-13(16)15-11-5-3-2-4-6-11/h7-8,10-12H,2-6,9H2,1H3,(H,14,15). The second kappa shape index (κ2) is 4.11. The largest absolute Gasteiger partial charge is 0.353 e. The van der Waals surface area contributed by atoms with Crippen molar-refractivity contribution in [2.24, 2.45) is 5.92 Å². The first-order valence-corrected chi connectivity index (χ1v) is 6.64. The van der Waals surface area contributed by atoms with Crippen molar-refractivity contribution in [1.29, 1.82) is 0 Å². The van der Waals surface area contributed by atoms with Crippen LogP contribution in [0.1, 0.15) is 51.5 Å². The molecule has 1 heterocycles. The molecule has 0 aliphatic heterocycles. The maximum absolute atomic E-state index is 4.46. The van der Waals surface area contributed by atoms with Crippen molar-refractivity contribution >= 4 is 5.95 Å². The van der Waals surface area contributed by atoms with Gasteiger partial charge in [0.25, 0.3) is 0 Å². The van der Waals surface area contributed by atoms with Crippen LogP contribution in [-0.2, 0) is 0 Å². The highest BCUT2D eigenvalue weighted by Gasteiger charge is 2.35. The molecule has 0 bridgehead atoms. The van der Waals surface area contributed by atoms with E-state index >= 15 is 0 Å². The van der Waals surface area contributed by atoms with E-state index in [2.05, 4.69) is 28.0 Å². The average Bonchev–Trinajstić information content (AvgIpc) is 2.86. The van der Waals surface area contributed by atoms with Gasteiger partial charge in [0.1, 0.15) is 0 Å². The van der Waals surface area contributed by atoms with E-state index in [1.54, 1.807) is 0 Å². The van der Waals surface area contributed by atoms with Crippen molar-refractivity contribution in [3.63, 3.8) is 0 Å². The van der Waals surface area contributed by atoms with Crippen LogP contribution < -0.4 is 5.32 Å². The third-order valence-electron chi connectivity index (χ3n) is 4.03. The van der Waals surface area contributed by atoms with E-state index in [4.69, 9.17) is 0 Å². The number of nitrogens with zero attached hydrogens (tertiary/aromatic N) is 2. The molecule has 2 saturated carbocycles. The Labute approximate surface area is 97.3 Å². The summed E-state index contributed by atoms with van der Waals surface area (Å²) in [5, 5.41) is 3.62. The normalized spacial score (nSPS) is 30.3. The van der Waals surface area contributed by atoms with Gasteiger partial charge in [0.15, 0.2) is 0 Å². The van der Waals surface area contributed by atoms with Gasteiger partial charge in [0.05, 0.1) is 0 Å². The molecule has 3 rings (SSSR count). The molecule has 2 aliphatic carbocycles. The summed E-state index contributed by atoms with van der Waals surface area (Å²) in [4.78, 5) is 4.46. The van der Waals surface area contributed by atoms with Crippen LogP contribution in [0, 0.1) is 5.92 Å². The zero-order valence-electron chi connectivity index (χ0n) is 10.0. The molecular formula is C13H21N3. The van der Waals surface area contributed by atoms with Crippen molar-refractivity contribution in [1.82, 2.24) is 9.55 Å². The van der Waals surface area contributed by atoms with E-state index < -0.39 is 0 Å². The molecule has 2 unspecified atom stereocenters. The van der Waals surface area contributed by atoms with Crippen molar-refractivity contribution in [3.05, 3.63) is 12.4 Å². The SMILES string of the molecule is CC1CC1n1ccnc1NC1CCCCC1. The minimum absolute atomic E-state index is 0.656. The lowest BCUT2D eigenvalue weighted by Gasteiger charge is -2.23.